The van der Waals surface area contributed by atoms with Crippen LogP contribution in [0.25, 0.3) is 0 Å². The lowest BCUT2D eigenvalue weighted by atomic mass is 10.1. The van der Waals surface area contributed by atoms with Crippen LogP contribution in [0.4, 0.5) is 11.5 Å². The second kappa shape index (κ2) is 5.91. The van der Waals surface area contributed by atoms with Crippen molar-refractivity contribution in [3.8, 4) is 0 Å². The van der Waals surface area contributed by atoms with Crippen molar-refractivity contribution in [3.05, 3.63) is 50.6 Å². The number of fused-ring (bicyclic) bond motifs is 1. The van der Waals surface area contributed by atoms with Crippen molar-refractivity contribution >= 4 is 56.2 Å². The number of aromatic nitrogens is 1. The minimum Gasteiger partial charge on any atom is -0.389 e. The number of nitrogens with one attached hydrogen (secondary N) is 1. The number of nitrogens with two attached hydrogens (primary N) is 1. The quantitative estimate of drug-likeness (QED) is 0.774. The number of aryl methyl sites for hydroxylation is 2. The Morgan fingerprint density at radius 2 is 2.19 bits per heavy atom. The Morgan fingerprint density at radius 1 is 1.38 bits per heavy atom. The normalized spacial score (nSPS) is 13.0. The highest BCUT2D eigenvalue weighted by Crippen LogP contribution is 2.33. The molecule has 1 aromatic heterocycles. The molecule has 0 saturated heterocycles. The maximum Gasteiger partial charge on any atom is 0.140 e. The number of nitrogens with zero attached hydrogens (tertiary/aromatic N) is 1. The van der Waals surface area contributed by atoms with E-state index in [0.29, 0.717) is 15.8 Å². The Morgan fingerprint density at radius 3 is 2.95 bits per heavy atom. The molecule has 0 atom stereocenters. The number of hydrogen-bond donors (Lipinski definition) is 2. The SMILES string of the molecule is NC(=S)c1cc2c(nc1Nc1cccc(Cl)c1Br)CCC2. The fourth-order valence-corrected chi connectivity index (χ4v) is 3.18. The number of thiocarbonyl (C=S) groups is 1. The molecule has 3 rings (SSSR count). The lowest BCUT2D eigenvalue weighted by Gasteiger charge is -2.14. The first-order chi connectivity index (χ1) is 10.1. The summed E-state index contributed by atoms with van der Waals surface area (Å²) in [4.78, 5) is 5.04. The van der Waals surface area contributed by atoms with E-state index in [9.17, 15) is 0 Å². The fourth-order valence-electron chi connectivity index (χ4n) is 2.48. The van der Waals surface area contributed by atoms with Gasteiger partial charge < -0.3 is 11.1 Å². The molecule has 0 amide bonds. The van der Waals surface area contributed by atoms with Gasteiger partial charge >= 0.3 is 0 Å². The number of hydrogen-bond acceptors (Lipinski definition) is 3. The molecule has 3 N–H and O–H groups in total. The first-order valence-corrected chi connectivity index (χ1v) is 8.18. The summed E-state index contributed by atoms with van der Waals surface area (Å²) in [5, 5.41) is 3.92. The minimum absolute atomic E-state index is 0.345. The van der Waals surface area contributed by atoms with E-state index in [-0.39, 0.29) is 0 Å². The molecule has 1 aliphatic rings. The van der Waals surface area contributed by atoms with E-state index in [2.05, 4.69) is 27.3 Å². The van der Waals surface area contributed by atoms with E-state index in [1.165, 1.54) is 5.56 Å². The van der Waals surface area contributed by atoms with Gasteiger partial charge in [0, 0.05) is 5.69 Å². The first-order valence-electron chi connectivity index (χ1n) is 6.60. The summed E-state index contributed by atoms with van der Waals surface area (Å²) in [6.07, 6.45) is 3.17. The molecule has 21 heavy (non-hydrogen) atoms. The van der Waals surface area contributed by atoms with Crippen LogP contribution in [0.5, 0.6) is 0 Å². The van der Waals surface area contributed by atoms with Crippen LogP contribution in [0.15, 0.2) is 28.7 Å². The topological polar surface area (TPSA) is 50.9 Å². The molecule has 0 bridgehead atoms. The Balaban J connectivity index is 2.05. The van der Waals surface area contributed by atoms with Crippen LogP contribution in [-0.4, -0.2) is 9.97 Å². The fraction of sp³-hybridized carbons (Fsp3) is 0.200. The third kappa shape index (κ3) is 2.91. The van der Waals surface area contributed by atoms with Crippen LogP contribution in [0.3, 0.4) is 0 Å². The van der Waals surface area contributed by atoms with Gasteiger partial charge in [-0.15, -0.1) is 0 Å². The molecule has 0 spiro atoms. The van der Waals surface area contributed by atoms with E-state index in [4.69, 9.17) is 34.5 Å². The van der Waals surface area contributed by atoms with E-state index in [1.807, 2.05) is 18.2 Å². The maximum absolute atomic E-state index is 6.12. The molecule has 1 heterocycles. The average molecular weight is 383 g/mol. The molecule has 1 aromatic carbocycles. The number of pyridine rings is 1. The van der Waals surface area contributed by atoms with E-state index >= 15 is 0 Å². The van der Waals surface area contributed by atoms with Crippen LogP contribution in [0.1, 0.15) is 23.2 Å². The zero-order valence-electron chi connectivity index (χ0n) is 11.1. The maximum atomic E-state index is 6.12. The predicted octanol–water partition coefficient (Wildman–Crippen LogP) is 4.36. The Labute approximate surface area is 142 Å². The first kappa shape index (κ1) is 14.8. The number of rotatable bonds is 3. The molecule has 0 fully saturated rings. The van der Waals surface area contributed by atoms with Crippen molar-refractivity contribution in [1.29, 1.82) is 0 Å². The third-order valence-corrected chi connectivity index (χ3v) is 5.14. The van der Waals surface area contributed by atoms with Gasteiger partial charge in [0.05, 0.1) is 20.7 Å². The molecule has 0 saturated carbocycles. The lowest BCUT2D eigenvalue weighted by Crippen LogP contribution is -2.14. The van der Waals surface area contributed by atoms with Gasteiger partial charge in [-0.3, -0.25) is 0 Å². The van der Waals surface area contributed by atoms with Gasteiger partial charge in [0.1, 0.15) is 10.8 Å². The predicted molar refractivity (Wildman–Crippen MR) is 94.6 cm³/mol. The molecule has 2 aromatic rings. The molecular formula is C15H13BrClN3S. The van der Waals surface area contributed by atoms with Crippen molar-refractivity contribution in [1.82, 2.24) is 4.98 Å². The zero-order chi connectivity index (χ0) is 15.0. The smallest absolute Gasteiger partial charge is 0.140 e. The summed E-state index contributed by atoms with van der Waals surface area (Å²) in [5.74, 6) is 0.686. The average Bonchev–Trinajstić information content (AvgIpc) is 2.90. The van der Waals surface area contributed by atoms with Gasteiger partial charge in [0.25, 0.3) is 0 Å². The molecule has 1 aliphatic carbocycles. The number of benzene rings is 1. The number of anilines is 2. The van der Waals surface area contributed by atoms with Gasteiger partial charge in [-0.1, -0.05) is 29.9 Å². The van der Waals surface area contributed by atoms with Crippen LogP contribution >= 0.6 is 39.7 Å². The highest BCUT2D eigenvalue weighted by molar-refractivity contribution is 9.10. The van der Waals surface area contributed by atoms with Crippen molar-refractivity contribution in [2.24, 2.45) is 5.73 Å². The van der Waals surface area contributed by atoms with Gasteiger partial charge in [-0.2, -0.15) is 0 Å². The minimum atomic E-state index is 0.345. The van der Waals surface area contributed by atoms with Crippen molar-refractivity contribution < 1.29 is 0 Å². The Bertz CT molecular complexity index is 733. The summed E-state index contributed by atoms with van der Waals surface area (Å²) >= 11 is 14.7. The van der Waals surface area contributed by atoms with Gasteiger partial charge in [-0.25, -0.2) is 4.98 Å². The molecule has 0 aliphatic heterocycles. The second-order valence-electron chi connectivity index (χ2n) is 4.93. The van der Waals surface area contributed by atoms with E-state index < -0.39 is 0 Å². The summed E-state index contributed by atoms with van der Waals surface area (Å²) in [6.45, 7) is 0. The molecule has 108 valence electrons. The summed E-state index contributed by atoms with van der Waals surface area (Å²) in [6, 6.07) is 7.68. The Kier molecular flexibility index (Phi) is 4.15. The number of halogens is 2. The zero-order valence-corrected chi connectivity index (χ0v) is 14.3. The van der Waals surface area contributed by atoms with Gasteiger partial charge in [0.15, 0.2) is 0 Å². The van der Waals surface area contributed by atoms with Crippen LogP contribution in [0.2, 0.25) is 5.02 Å². The van der Waals surface area contributed by atoms with Gasteiger partial charge in [-0.05, 0) is 59.0 Å². The molecular weight excluding hydrogens is 370 g/mol. The highest BCUT2D eigenvalue weighted by atomic mass is 79.9. The molecule has 3 nitrogen and oxygen atoms in total. The summed E-state index contributed by atoms with van der Waals surface area (Å²) in [5.41, 5.74) is 9.82. The van der Waals surface area contributed by atoms with Crippen molar-refractivity contribution in [2.45, 2.75) is 19.3 Å². The highest BCUT2D eigenvalue weighted by Gasteiger charge is 2.18. The van der Waals surface area contributed by atoms with Crippen LogP contribution < -0.4 is 11.1 Å². The monoisotopic (exact) mass is 381 g/mol. The van der Waals surface area contributed by atoms with E-state index in [0.717, 1.165) is 40.7 Å². The van der Waals surface area contributed by atoms with Crippen molar-refractivity contribution in [2.75, 3.05) is 5.32 Å². The second-order valence-corrected chi connectivity index (χ2v) is 6.57. The molecule has 0 unspecified atom stereocenters. The van der Waals surface area contributed by atoms with Crippen molar-refractivity contribution in [3.63, 3.8) is 0 Å². The molecule has 0 radical (unpaired) electrons. The van der Waals surface area contributed by atoms with E-state index in [1.54, 1.807) is 0 Å². The van der Waals surface area contributed by atoms with Crippen LogP contribution in [-0.2, 0) is 12.8 Å². The third-order valence-electron chi connectivity index (χ3n) is 3.52. The van der Waals surface area contributed by atoms with Gasteiger partial charge in [0.2, 0.25) is 0 Å². The largest absolute Gasteiger partial charge is 0.389 e. The summed E-state index contributed by atoms with van der Waals surface area (Å²) in [7, 11) is 0. The van der Waals surface area contributed by atoms with Crippen LogP contribution in [0, 0.1) is 0 Å². The lowest BCUT2D eigenvalue weighted by molar-refractivity contribution is 0.900. The Hall–Kier alpha value is -1.17. The standard InChI is InChI=1S/C15H13BrClN3S/c16-13-10(17)4-2-6-12(13)20-15-9(14(18)21)7-8-3-1-5-11(8)19-15/h2,4,6-7H,1,3,5H2,(H2,18,21)(H,19,20). The summed E-state index contributed by atoms with van der Waals surface area (Å²) < 4.78 is 0.794. The molecule has 6 heteroatoms.